The molecule has 1 aliphatic carbocycles. The highest BCUT2D eigenvalue weighted by Gasteiger charge is 2.52. The van der Waals surface area contributed by atoms with Crippen molar-refractivity contribution in [3.05, 3.63) is 69.7 Å². The molecule has 3 heterocycles. The second kappa shape index (κ2) is 9.34. The summed E-state index contributed by atoms with van der Waals surface area (Å²) in [7, 11) is 0. The van der Waals surface area contributed by atoms with Gasteiger partial charge in [0.1, 0.15) is 0 Å². The summed E-state index contributed by atoms with van der Waals surface area (Å²) in [4.78, 5) is 21.5. The number of halogens is 1. The SMILES string of the molecule is CC1CN(C(c2cnc(NC(=O)C3(c4ccc5c(c4)OCO5)CC3)s2)c2ccccc2Cl)CC(C)O1. The number of hydrogen-bond donors (Lipinski definition) is 1. The number of rotatable bonds is 6. The van der Waals surface area contributed by atoms with Crippen LogP contribution in [0.15, 0.2) is 48.7 Å². The van der Waals surface area contributed by atoms with E-state index in [0.717, 1.165) is 47.7 Å². The number of anilines is 1. The molecule has 2 fully saturated rings. The Morgan fingerprint density at radius 3 is 2.64 bits per heavy atom. The minimum atomic E-state index is -0.552. The fraction of sp³-hybridized carbons (Fsp3) is 0.407. The number of thiazole rings is 1. The summed E-state index contributed by atoms with van der Waals surface area (Å²) in [5, 5.41) is 4.40. The van der Waals surface area contributed by atoms with E-state index in [2.05, 4.69) is 35.1 Å². The maximum atomic E-state index is 13.4. The molecule has 6 rings (SSSR count). The summed E-state index contributed by atoms with van der Waals surface area (Å²) in [6.07, 6.45) is 3.68. The first-order valence-corrected chi connectivity index (χ1v) is 13.4. The van der Waals surface area contributed by atoms with Gasteiger partial charge in [-0.1, -0.05) is 47.2 Å². The fourth-order valence-electron chi connectivity index (χ4n) is 5.31. The lowest BCUT2D eigenvalue weighted by Gasteiger charge is -2.40. The largest absolute Gasteiger partial charge is 0.454 e. The van der Waals surface area contributed by atoms with Gasteiger partial charge in [-0.25, -0.2) is 4.98 Å². The third kappa shape index (κ3) is 4.36. The number of fused-ring (bicyclic) bond motifs is 1. The Balaban J connectivity index is 1.26. The van der Waals surface area contributed by atoms with Crippen molar-refractivity contribution < 1.29 is 19.0 Å². The number of nitrogens with one attached hydrogen (secondary N) is 1. The molecule has 2 aromatic carbocycles. The van der Waals surface area contributed by atoms with Crippen LogP contribution in [0.1, 0.15) is 48.7 Å². The topological polar surface area (TPSA) is 72.9 Å². The van der Waals surface area contributed by atoms with Crippen molar-refractivity contribution in [1.82, 2.24) is 9.88 Å². The summed E-state index contributed by atoms with van der Waals surface area (Å²) < 4.78 is 16.9. The Labute approximate surface area is 219 Å². The molecule has 3 unspecified atom stereocenters. The Kier molecular flexibility index (Phi) is 6.16. The molecule has 3 aliphatic rings. The zero-order valence-corrected chi connectivity index (χ0v) is 21.8. The average molecular weight is 526 g/mol. The fourth-order valence-corrected chi connectivity index (χ4v) is 6.51. The maximum Gasteiger partial charge on any atom is 0.236 e. The van der Waals surface area contributed by atoms with Crippen LogP contribution < -0.4 is 14.8 Å². The lowest BCUT2D eigenvalue weighted by atomic mass is 9.94. The molecule has 0 spiro atoms. The minimum Gasteiger partial charge on any atom is -0.454 e. The van der Waals surface area contributed by atoms with Crippen LogP contribution in [-0.4, -0.2) is 47.9 Å². The molecule has 1 aromatic heterocycles. The van der Waals surface area contributed by atoms with E-state index in [1.54, 1.807) is 0 Å². The van der Waals surface area contributed by atoms with Gasteiger partial charge in [0.2, 0.25) is 12.7 Å². The van der Waals surface area contributed by atoms with E-state index in [-0.39, 0.29) is 30.9 Å². The number of carbonyl (C=O) groups excluding carboxylic acids is 1. The second-order valence-electron chi connectivity index (χ2n) is 9.81. The van der Waals surface area contributed by atoms with Crippen molar-refractivity contribution in [3.63, 3.8) is 0 Å². The van der Waals surface area contributed by atoms with Crippen molar-refractivity contribution in [2.24, 2.45) is 0 Å². The maximum absolute atomic E-state index is 13.4. The van der Waals surface area contributed by atoms with Crippen molar-refractivity contribution >= 4 is 34.0 Å². The van der Waals surface area contributed by atoms with E-state index in [1.165, 1.54) is 11.3 Å². The molecule has 3 atom stereocenters. The van der Waals surface area contributed by atoms with Gasteiger partial charge in [-0.2, -0.15) is 0 Å². The van der Waals surface area contributed by atoms with Gasteiger partial charge in [0.15, 0.2) is 16.6 Å². The van der Waals surface area contributed by atoms with Crippen LogP contribution in [0.4, 0.5) is 5.13 Å². The van der Waals surface area contributed by atoms with Crippen LogP contribution in [0, 0.1) is 0 Å². The number of amides is 1. The highest BCUT2D eigenvalue weighted by atomic mass is 35.5. The first-order valence-electron chi connectivity index (χ1n) is 12.2. The molecule has 9 heteroatoms. The predicted octanol–water partition coefficient (Wildman–Crippen LogP) is 5.39. The molecule has 3 aromatic rings. The van der Waals surface area contributed by atoms with Gasteiger partial charge in [-0.3, -0.25) is 9.69 Å². The lowest BCUT2D eigenvalue weighted by Crippen LogP contribution is -2.47. The van der Waals surface area contributed by atoms with Gasteiger partial charge < -0.3 is 19.5 Å². The first-order chi connectivity index (χ1) is 17.4. The third-order valence-electron chi connectivity index (χ3n) is 7.14. The molecule has 1 saturated heterocycles. The van der Waals surface area contributed by atoms with Gasteiger partial charge in [0.05, 0.1) is 23.7 Å². The van der Waals surface area contributed by atoms with Crippen LogP contribution in [0.5, 0.6) is 11.5 Å². The van der Waals surface area contributed by atoms with Crippen LogP contribution >= 0.6 is 22.9 Å². The monoisotopic (exact) mass is 525 g/mol. The molecule has 1 N–H and O–H groups in total. The Bertz CT molecular complexity index is 1280. The van der Waals surface area contributed by atoms with Crippen molar-refractivity contribution in [3.8, 4) is 11.5 Å². The van der Waals surface area contributed by atoms with Gasteiger partial charge in [0, 0.05) is 29.2 Å². The highest BCUT2D eigenvalue weighted by molar-refractivity contribution is 7.15. The van der Waals surface area contributed by atoms with E-state index in [9.17, 15) is 4.79 Å². The number of aromatic nitrogens is 1. The number of hydrogen-bond acceptors (Lipinski definition) is 7. The van der Waals surface area contributed by atoms with E-state index >= 15 is 0 Å². The summed E-state index contributed by atoms with van der Waals surface area (Å²) in [6, 6.07) is 13.6. The van der Waals surface area contributed by atoms with Gasteiger partial charge in [-0.15, -0.1) is 0 Å². The smallest absolute Gasteiger partial charge is 0.236 e. The van der Waals surface area contributed by atoms with Crippen LogP contribution in [-0.2, 0) is 14.9 Å². The van der Waals surface area contributed by atoms with E-state index in [1.807, 2.05) is 42.6 Å². The normalized spacial score (nSPS) is 23.3. The molecule has 1 saturated carbocycles. The lowest BCUT2D eigenvalue weighted by molar-refractivity contribution is -0.118. The van der Waals surface area contributed by atoms with Crippen LogP contribution in [0.3, 0.4) is 0 Å². The van der Waals surface area contributed by atoms with Crippen molar-refractivity contribution in [2.75, 3.05) is 25.2 Å². The Morgan fingerprint density at radius 2 is 1.89 bits per heavy atom. The molecule has 7 nitrogen and oxygen atoms in total. The average Bonchev–Trinajstić information content (AvgIpc) is 3.32. The molecular weight excluding hydrogens is 498 g/mol. The second-order valence-corrected chi connectivity index (χ2v) is 11.3. The van der Waals surface area contributed by atoms with Gasteiger partial charge in [0.25, 0.3) is 0 Å². The van der Waals surface area contributed by atoms with E-state index in [0.29, 0.717) is 15.9 Å². The molecule has 2 aliphatic heterocycles. The molecule has 0 bridgehead atoms. The Morgan fingerprint density at radius 1 is 1.14 bits per heavy atom. The standard InChI is InChI=1S/C27H28ClN3O4S/c1-16-13-31(14-17(2)35-16)24(19-5-3-4-6-20(19)28)23-12-29-26(36-23)30-25(32)27(9-10-27)18-7-8-21-22(11-18)34-15-33-21/h3-8,11-12,16-17,24H,9-10,13-15H2,1-2H3,(H,29,30,32). The molecule has 188 valence electrons. The Hall–Kier alpha value is -2.65. The van der Waals surface area contributed by atoms with Gasteiger partial charge in [-0.05, 0) is 56.0 Å². The predicted molar refractivity (Wildman–Crippen MR) is 139 cm³/mol. The summed E-state index contributed by atoms with van der Waals surface area (Å²) in [5.41, 5.74) is 1.43. The number of morpholine rings is 1. The van der Waals surface area contributed by atoms with Crippen molar-refractivity contribution in [1.29, 1.82) is 0 Å². The summed E-state index contributed by atoms with van der Waals surface area (Å²) in [5.74, 6) is 1.38. The van der Waals surface area contributed by atoms with Gasteiger partial charge >= 0.3 is 0 Å². The molecule has 1 amide bonds. The zero-order valence-electron chi connectivity index (χ0n) is 20.2. The quantitative estimate of drug-likeness (QED) is 0.465. The van der Waals surface area contributed by atoms with E-state index < -0.39 is 5.41 Å². The minimum absolute atomic E-state index is 0.0369. The summed E-state index contributed by atoms with van der Waals surface area (Å²) in [6.45, 7) is 5.97. The number of carbonyl (C=O) groups is 1. The number of nitrogens with zero attached hydrogens (tertiary/aromatic N) is 2. The molecule has 0 radical (unpaired) electrons. The highest BCUT2D eigenvalue weighted by Crippen LogP contribution is 2.51. The zero-order chi connectivity index (χ0) is 24.9. The molecule has 36 heavy (non-hydrogen) atoms. The molecular formula is C27H28ClN3O4S. The van der Waals surface area contributed by atoms with Crippen LogP contribution in [0.25, 0.3) is 0 Å². The third-order valence-corrected chi connectivity index (χ3v) is 8.45. The van der Waals surface area contributed by atoms with Crippen LogP contribution in [0.2, 0.25) is 5.02 Å². The van der Waals surface area contributed by atoms with E-state index in [4.69, 9.17) is 25.8 Å². The number of benzene rings is 2. The number of ether oxygens (including phenoxy) is 3. The first kappa shape index (κ1) is 23.7. The van der Waals surface area contributed by atoms with Crippen molar-refractivity contribution in [2.45, 2.75) is 50.4 Å². The summed E-state index contributed by atoms with van der Waals surface area (Å²) >= 11 is 8.16.